The molecule has 0 radical (unpaired) electrons. The third kappa shape index (κ3) is 3.97. The fraction of sp³-hybridized carbons (Fsp3) is 0.552. The highest BCUT2D eigenvalue weighted by Gasteiger charge is 2.50. The van der Waals surface area contributed by atoms with E-state index >= 15 is 0 Å². The number of imidazole rings is 1. The number of nitrogens with zero attached hydrogens (tertiary/aromatic N) is 5. The number of rotatable bonds is 5. The van der Waals surface area contributed by atoms with Gasteiger partial charge in [0.15, 0.2) is 5.15 Å². The van der Waals surface area contributed by atoms with Crippen molar-refractivity contribution in [1.29, 1.82) is 0 Å². The Hall–Kier alpha value is -2.51. The van der Waals surface area contributed by atoms with Gasteiger partial charge in [0.2, 0.25) is 5.91 Å². The molecule has 1 aliphatic carbocycles. The lowest BCUT2D eigenvalue weighted by molar-refractivity contribution is -0.123. The summed E-state index contributed by atoms with van der Waals surface area (Å²) in [4.78, 5) is 27.3. The summed E-state index contributed by atoms with van der Waals surface area (Å²) < 4.78 is 16.1. The largest absolute Gasteiger partial charge is 0.325 e. The van der Waals surface area contributed by atoms with Gasteiger partial charge in [-0.25, -0.2) is 14.4 Å². The lowest BCUT2D eigenvalue weighted by Gasteiger charge is -2.48. The van der Waals surface area contributed by atoms with Crippen LogP contribution in [0.15, 0.2) is 30.6 Å². The lowest BCUT2D eigenvalue weighted by atomic mass is 9.82. The molecule has 2 aliphatic heterocycles. The molecular formula is C29H35ClFN5O. The predicted molar refractivity (Wildman–Crippen MR) is 146 cm³/mol. The van der Waals surface area contributed by atoms with Crippen LogP contribution in [0.25, 0.3) is 22.3 Å². The Bertz CT molecular complexity index is 1360. The van der Waals surface area contributed by atoms with Crippen molar-refractivity contribution in [2.24, 2.45) is 0 Å². The maximum atomic E-state index is 14.0. The third-order valence-corrected chi connectivity index (χ3v) is 9.18. The molecule has 2 aromatic heterocycles. The molecule has 1 aromatic carbocycles. The number of hydrogen-bond acceptors (Lipinski definition) is 4. The van der Waals surface area contributed by atoms with Crippen LogP contribution in [-0.4, -0.2) is 56.7 Å². The number of hydrogen-bond donors (Lipinski definition) is 0. The Labute approximate surface area is 222 Å². The molecule has 0 N–H and O–H groups in total. The number of benzene rings is 1. The third-order valence-electron chi connectivity index (χ3n) is 8.92. The van der Waals surface area contributed by atoms with Crippen molar-refractivity contribution in [2.45, 2.75) is 89.5 Å². The summed E-state index contributed by atoms with van der Waals surface area (Å²) in [5.74, 6) is 0.138. The maximum absolute atomic E-state index is 14.0. The Morgan fingerprint density at radius 1 is 1.22 bits per heavy atom. The molecule has 0 unspecified atom stereocenters. The molecule has 2 fully saturated rings. The molecule has 37 heavy (non-hydrogen) atoms. The molecule has 4 heterocycles. The maximum Gasteiger partial charge on any atom is 0.237 e. The molecule has 3 aliphatic rings. The van der Waals surface area contributed by atoms with Gasteiger partial charge in [0.1, 0.15) is 11.7 Å². The van der Waals surface area contributed by atoms with Crippen LogP contribution in [-0.2, 0) is 10.2 Å². The van der Waals surface area contributed by atoms with Crippen molar-refractivity contribution in [3.8, 4) is 11.3 Å². The van der Waals surface area contributed by atoms with Crippen LogP contribution in [0.2, 0.25) is 5.15 Å². The van der Waals surface area contributed by atoms with Crippen LogP contribution in [0.1, 0.15) is 71.4 Å². The van der Waals surface area contributed by atoms with E-state index in [1.807, 2.05) is 37.2 Å². The molecule has 8 heteroatoms. The lowest BCUT2D eigenvalue weighted by Crippen LogP contribution is -2.58. The Morgan fingerprint density at radius 2 is 2.00 bits per heavy atom. The smallest absolute Gasteiger partial charge is 0.237 e. The summed E-state index contributed by atoms with van der Waals surface area (Å²) in [5, 5.41) is 0.439. The van der Waals surface area contributed by atoms with E-state index in [9.17, 15) is 9.18 Å². The number of carbonyl (C=O) groups is 1. The molecule has 1 saturated heterocycles. The molecule has 3 aromatic rings. The first-order valence-electron chi connectivity index (χ1n) is 13.6. The van der Waals surface area contributed by atoms with Gasteiger partial charge in [-0.15, -0.1) is 0 Å². The van der Waals surface area contributed by atoms with E-state index in [-0.39, 0.29) is 18.0 Å². The van der Waals surface area contributed by atoms with E-state index in [1.165, 1.54) is 0 Å². The number of piperidine rings is 1. The van der Waals surface area contributed by atoms with Gasteiger partial charge < -0.3 is 9.47 Å². The Kier molecular flexibility index (Phi) is 6.07. The standard InChI is InChI=1S/C29H35ClFN5O/c1-5-17(2)35-16-32-24-14-23(33-27(30)26(24)35)18-8-9-22-25(11-18)36(28(37)29(22,3)4)21-12-20(13-21)34-10-6-7-19(31)15-34/h8-9,11,14,16-17,19-21H,5-7,10,12-13,15H2,1-4H3/t17-,19+,20-,21+/m0/s1. The first kappa shape index (κ1) is 24.8. The van der Waals surface area contributed by atoms with Crippen LogP contribution in [0, 0.1) is 0 Å². The van der Waals surface area contributed by atoms with Crippen molar-refractivity contribution in [3.05, 3.63) is 41.3 Å². The normalized spacial score (nSPS) is 26.4. The number of amides is 1. The summed E-state index contributed by atoms with van der Waals surface area (Å²) in [6, 6.07) is 8.94. The molecule has 6 rings (SSSR count). The first-order valence-corrected chi connectivity index (χ1v) is 14.0. The van der Waals surface area contributed by atoms with Gasteiger partial charge in [-0.3, -0.25) is 9.69 Å². The van der Waals surface area contributed by atoms with Crippen LogP contribution in [0.4, 0.5) is 10.1 Å². The number of halogens is 2. The highest BCUT2D eigenvalue weighted by atomic mass is 35.5. The van der Waals surface area contributed by atoms with Gasteiger partial charge in [0, 0.05) is 35.9 Å². The zero-order valence-electron chi connectivity index (χ0n) is 22.0. The van der Waals surface area contributed by atoms with Crippen LogP contribution >= 0.6 is 11.6 Å². The van der Waals surface area contributed by atoms with Gasteiger partial charge in [-0.2, -0.15) is 0 Å². The first-order chi connectivity index (χ1) is 17.7. The number of likely N-dealkylation sites (tertiary alicyclic amines) is 1. The van der Waals surface area contributed by atoms with Gasteiger partial charge in [0.05, 0.1) is 23.0 Å². The van der Waals surface area contributed by atoms with Crippen LogP contribution in [0.5, 0.6) is 0 Å². The number of fused-ring (bicyclic) bond motifs is 2. The highest BCUT2D eigenvalue weighted by molar-refractivity contribution is 6.34. The number of alkyl halides is 1. The van der Waals surface area contributed by atoms with Gasteiger partial charge in [-0.1, -0.05) is 30.7 Å². The second-order valence-electron chi connectivity index (χ2n) is 11.6. The minimum Gasteiger partial charge on any atom is -0.325 e. The van der Waals surface area contributed by atoms with Crippen LogP contribution < -0.4 is 4.90 Å². The monoisotopic (exact) mass is 523 g/mol. The van der Waals surface area contributed by atoms with E-state index in [1.54, 1.807) is 0 Å². The van der Waals surface area contributed by atoms with E-state index in [4.69, 9.17) is 16.6 Å². The summed E-state index contributed by atoms with van der Waals surface area (Å²) in [6.45, 7) is 9.78. The minimum atomic E-state index is -0.725. The second kappa shape index (κ2) is 9.05. The van der Waals surface area contributed by atoms with Crippen molar-refractivity contribution >= 4 is 34.2 Å². The van der Waals surface area contributed by atoms with Crippen LogP contribution in [0.3, 0.4) is 0 Å². The van der Waals surface area contributed by atoms with E-state index < -0.39 is 11.6 Å². The average Bonchev–Trinajstić information content (AvgIpc) is 3.36. The molecule has 0 spiro atoms. The highest BCUT2D eigenvalue weighted by Crippen LogP contribution is 2.48. The van der Waals surface area contributed by atoms with Crippen molar-refractivity contribution in [3.63, 3.8) is 0 Å². The van der Waals surface area contributed by atoms with Crippen molar-refractivity contribution < 1.29 is 9.18 Å². The SMILES string of the molecule is CC[C@H](C)n1cnc2cc(-c3ccc4c(c3)N([C@H]3C[C@@H](N5CCC[C@@H](F)C5)C3)C(=O)C4(C)C)nc(Cl)c21. The Balaban J connectivity index is 1.32. The zero-order chi connectivity index (χ0) is 26.1. The summed E-state index contributed by atoms with van der Waals surface area (Å²) in [7, 11) is 0. The Morgan fingerprint density at radius 3 is 2.73 bits per heavy atom. The second-order valence-corrected chi connectivity index (χ2v) is 12.0. The van der Waals surface area contributed by atoms with Gasteiger partial charge in [-0.05, 0) is 77.1 Å². The molecule has 1 amide bonds. The molecule has 6 nitrogen and oxygen atoms in total. The topological polar surface area (TPSA) is 54.3 Å². The van der Waals surface area contributed by atoms with Gasteiger partial charge in [0.25, 0.3) is 0 Å². The van der Waals surface area contributed by atoms with E-state index in [0.717, 1.165) is 65.8 Å². The number of pyridine rings is 1. The fourth-order valence-electron chi connectivity index (χ4n) is 6.35. The number of carbonyl (C=O) groups excluding carboxylic acids is 1. The van der Waals surface area contributed by atoms with E-state index in [0.29, 0.717) is 24.2 Å². The zero-order valence-corrected chi connectivity index (χ0v) is 22.8. The minimum absolute atomic E-state index is 0.138. The number of aromatic nitrogens is 3. The molecule has 1 saturated carbocycles. The molecule has 196 valence electrons. The molecule has 2 atom stereocenters. The predicted octanol–water partition coefficient (Wildman–Crippen LogP) is 6.31. The van der Waals surface area contributed by atoms with E-state index in [2.05, 4.69) is 40.4 Å². The number of anilines is 1. The molecular weight excluding hydrogens is 489 g/mol. The fourth-order valence-corrected chi connectivity index (χ4v) is 6.64. The summed E-state index contributed by atoms with van der Waals surface area (Å²) in [6.07, 6.45) is 5.45. The molecule has 0 bridgehead atoms. The quantitative estimate of drug-likeness (QED) is 0.368. The summed E-state index contributed by atoms with van der Waals surface area (Å²) >= 11 is 6.69. The summed E-state index contributed by atoms with van der Waals surface area (Å²) in [5.41, 5.74) is 4.76. The average molecular weight is 524 g/mol. The van der Waals surface area contributed by atoms with Crippen molar-refractivity contribution in [1.82, 2.24) is 19.4 Å². The van der Waals surface area contributed by atoms with Gasteiger partial charge >= 0.3 is 0 Å². The van der Waals surface area contributed by atoms with Crippen molar-refractivity contribution in [2.75, 3.05) is 18.0 Å².